The molecule has 174 valence electrons. The van der Waals surface area contributed by atoms with E-state index in [4.69, 9.17) is 0 Å². The fourth-order valence-electron chi connectivity index (χ4n) is 5.73. The normalized spacial score (nSPS) is 18.8. The molecule has 0 aromatic heterocycles. The van der Waals surface area contributed by atoms with Gasteiger partial charge in [-0.05, 0) is 0 Å². The van der Waals surface area contributed by atoms with Gasteiger partial charge in [0.05, 0.1) is 0 Å². The van der Waals surface area contributed by atoms with E-state index in [1.165, 1.54) is 33.4 Å². The summed E-state index contributed by atoms with van der Waals surface area (Å²) >= 11 is -1.94. The minimum atomic E-state index is -1.94. The molecule has 0 saturated heterocycles. The summed E-state index contributed by atoms with van der Waals surface area (Å²) in [6.45, 7) is 21.7. The predicted molar refractivity (Wildman–Crippen MR) is 135 cm³/mol. The number of halogens is 2. The molecule has 4 heteroatoms. The fourth-order valence-corrected chi connectivity index (χ4v) is 25.4. The van der Waals surface area contributed by atoms with Crippen molar-refractivity contribution in [2.75, 3.05) is 0 Å². The molecule has 4 rings (SSSR count). The van der Waals surface area contributed by atoms with Crippen molar-refractivity contribution >= 4 is 11.0 Å². The molecule has 0 nitrogen and oxygen atoms in total. The van der Waals surface area contributed by atoms with Crippen molar-refractivity contribution < 1.29 is 45.2 Å². The fraction of sp³-hybridized carbons (Fsp3) is 0.379. The number of aryl methyl sites for hydroxylation is 2. The Morgan fingerprint density at radius 1 is 0.788 bits per heavy atom. The predicted octanol–water partition coefficient (Wildman–Crippen LogP) is 2.24. The summed E-state index contributed by atoms with van der Waals surface area (Å²) in [5, 5.41) is 0. The van der Waals surface area contributed by atoms with E-state index in [1.54, 1.807) is 22.3 Å². The van der Waals surface area contributed by atoms with Gasteiger partial charge in [-0.15, -0.1) is 0 Å². The van der Waals surface area contributed by atoms with Gasteiger partial charge in [-0.25, -0.2) is 0 Å². The van der Waals surface area contributed by atoms with Crippen LogP contribution in [0.2, 0.25) is 13.1 Å². The van der Waals surface area contributed by atoms with Crippen LogP contribution in [0.4, 0.5) is 0 Å². The van der Waals surface area contributed by atoms with Gasteiger partial charge in [0, 0.05) is 0 Å². The molecule has 0 bridgehead atoms. The third kappa shape index (κ3) is 4.75. The second-order valence-electron chi connectivity index (χ2n) is 9.83. The molecule has 2 aromatic rings. The van der Waals surface area contributed by atoms with Crippen LogP contribution in [0.25, 0.3) is 5.57 Å². The van der Waals surface area contributed by atoms with E-state index < -0.39 is 20.4 Å². The molecule has 2 atom stereocenters. The van der Waals surface area contributed by atoms with E-state index in [1.807, 2.05) is 3.28 Å². The second kappa shape index (κ2) is 10.9. The molecule has 0 fully saturated rings. The van der Waals surface area contributed by atoms with Crippen LogP contribution in [-0.2, 0) is 20.4 Å². The Morgan fingerprint density at radius 2 is 1.39 bits per heavy atom. The van der Waals surface area contributed by atoms with Gasteiger partial charge < -0.3 is 24.8 Å². The van der Waals surface area contributed by atoms with Crippen molar-refractivity contribution in [2.24, 2.45) is 5.92 Å². The van der Waals surface area contributed by atoms with E-state index in [9.17, 15) is 0 Å². The topological polar surface area (TPSA) is 0 Å². The van der Waals surface area contributed by atoms with E-state index in [2.05, 4.69) is 104 Å². The minimum Gasteiger partial charge on any atom is -1.00 e. The van der Waals surface area contributed by atoms with Crippen LogP contribution in [0.3, 0.4) is 0 Å². The largest absolute Gasteiger partial charge is 1.00 e. The Morgan fingerprint density at radius 3 is 1.97 bits per heavy atom. The zero-order valence-corrected chi connectivity index (χ0v) is 26.4. The van der Waals surface area contributed by atoms with Gasteiger partial charge >= 0.3 is 198 Å². The van der Waals surface area contributed by atoms with E-state index in [0.29, 0.717) is 9.54 Å². The molecule has 33 heavy (non-hydrogen) atoms. The van der Waals surface area contributed by atoms with Crippen LogP contribution < -0.4 is 24.8 Å². The number of hydrogen-bond acceptors (Lipinski definition) is 0. The van der Waals surface area contributed by atoms with Crippen LogP contribution in [0.15, 0.2) is 62.5 Å². The van der Waals surface area contributed by atoms with E-state index in [0.717, 1.165) is 0 Å². The molecule has 0 amide bonds. The van der Waals surface area contributed by atoms with Gasteiger partial charge in [0.25, 0.3) is 0 Å². The maximum atomic E-state index is 2.72. The van der Waals surface area contributed by atoms with Gasteiger partial charge in [0.15, 0.2) is 0 Å². The first-order valence-corrected chi connectivity index (χ1v) is 20.4. The Balaban J connectivity index is 0.00000193. The van der Waals surface area contributed by atoms with Crippen molar-refractivity contribution in [1.29, 1.82) is 0 Å². The van der Waals surface area contributed by atoms with Crippen molar-refractivity contribution in [2.45, 2.75) is 65.2 Å². The zero-order valence-electron chi connectivity index (χ0n) is 21.5. The smallest absolute Gasteiger partial charge is 1.00 e. The number of hydrogen-bond donors (Lipinski definition) is 0. The maximum absolute atomic E-state index is 2.72. The summed E-state index contributed by atoms with van der Waals surface area (Å²) < 4.78 is 2.58. The molecule has 0 spiro atoms. The Kier molecular flexibility index (Phi) is 9.48. The number of fused-ring (bicyclic) bond motifs is 1. The Labute approximate surface area is 221 Å². The number of rotatable bonds is 3. The van der Waals surface area contributed by atoms with Gasteiger partial charge in [0.2, 0.25) is 0 Å². The number of allylic oxidation sites excluding steroid dienone is 5. The summed E-state index contributed by atoms with van der Waals surface area (Å²) in [7, 11) is 0. The van der Waals surface area contributed by atoms with Crippen molar-refractivity contribution in [3.05, 3.63) is 95.9 Å². The molecule has 2 aromatic carbocycles. The van der Waals surface area contributed by atoms with Gasteiger partial charge in [-0.2, -0.15) is 0 Å². The standard InChI is InChI=1S/C18H17.C9H13.C2H6Si.2ClH.Zr/c1-12-8-9-13(2)18(14(12)3)17-11-10-15-6-4-5-7-16(15)17;1-6-5-7(2)9(4)8(6)3;1-3-2;;;/h4-11H,1-3H3;6H,1-4H3;1-2H3;2*1H;/q;;;;;+2/p-2. The average molecular weight is 575 g/mol. The SMILES string of the molecule is CC1=C(C)C(C)[C]([Zr+2]([CH]2C=C(c3c(C)ccc(C)c3C)c3ccccc32)=[Si](C)C)=C1C.[Cl-].[Cl-]. The first-order chi connectivity index (χ1) is 14.6. The van der Waals surface area contributed by atoms with Crippen LogP contribution in [0.5, 0.6) is 0 Å². The van der Waals surface area contributed by atoms with Crippen LogP contribution in [0, 0.1) is 26.7 Å². The van der Waals surface area contributed by atoms with Crippen molar-refractivity contribution in [3.63, 3.8) is 0 Å². The van der Waals surface area contributed by atoms with Crippen LogP contribution in [0.1, 0.15) is 64.7 Å². The Bertz CT molecular complexity index is 1230. The van der Waals surface area contributed by atoms with E-state index >= 15 is 0 Å². The van der Waals surface area contributed by atoms with Gasteiger partial charge in [0.1, 0.15) is 0 Å². The van der Waals surface area contributed by atoms with Crippen LogP contribution in [-0.4, -0.2) is 5.43 Å². The Hall–Kier alpha value is -0.660. The van der Waals surface area contributed by atoms with Crippen LogP contribution >= 0.6 is 0 Å². The maximum Gasteiger partial charge on any atom is -1.00 e. The molecule has 2 aliphatic rings. The molecule has 2 aliphatic carbocycles. The summed E-state index contributed by atoms with van der Waals surface area (Å²) in [5.74, 6) is 0.654. The second-order valence-corrected chi connectivity index (χ2v) is 27.3. The monoisotopic (exact) mass is 572 g/mol. The zero-order chi connectivity index (χ0) is 22.6. The minimum absolute atomic E-state index is 0. The average Bonchev–Trinajstić information content (AvgIpc) is 3.19. The third-order valence-corrected chi connectivity index (χ3v) is 26.5. The third-order valence-electron chi connectivity index (χ3n) is 7.91. The number of benzene rings is 2. The van der Waals surface area contributed by atoms with Crippen molar-refractivity contribution in [3.8, 4) is 0 Å². The summed E-state index contributed by atoms with van der Waals surface area (Å²) in [6.07, 6.45) is 2.72. The summed E-state index contributed by atoms with van der Waals surface area (Å²) in [4.78, 5) is 0. The van der Waals surface area contributed by atoms with Crippen molar-refractivity contribution in [1.82, 2.24) is 0 Å². The molecular formula is C29H36Cl2SiZr. The molecule has 0 aliphatic heterocycles. The molecular weight excluding hydrogens is 539 g/mol. The molecule has 0 radical (unpaired) electrons. The quantitative estimate of drug-likeness (QED) is 0.494. The summed E-state index contributed by atoms with van der Waals surface area (Å²) in [5.41, 5.74) is 14.8. The van der Waals surface area contributed by atoms with E-state index in [-0.39, 0.29) is 30.2 Å². The molecule has 0 saturated carbocycles. The first kappa shape index (κ1) is 28.6. The molecule has 0 N–H and O–H groups in total. The van der Waals surface area contributed by atoms with Gasteiger partial charge in [-0.3, -0.25) is 0 Å². The first-order valence-electron chi connectivity index (χ1n) is 11.6. The molecule has 2 unspecified atom stereocenters. The van der Waals surface area contributed by atoms with Gasteiger partial charge in [-0.1, -0.05) is 0 Å². The molecule has 0 heterocycles. The summed E-state index contributed by atoms with van der Waals surface area (Å²) in [6, 6.07) is 13.9.